The molecule has 0 fully saturated rings. The number of benzene rings is 2. The fraction of sp³-hybridized carbons (Fsp3) is 0.406. The average molecular weight is 638 g/mol. The molecule has 0 spiro atoms. The molecule has 12 nitrogen and oxygen atoms in total. The number of allylic oxidation sites excluding steroid dienone is 4. The van der Waals surface area contributed by atoms with Gasteiger partial charge in [0.25, 0.3) is 5.69 Å². The number of non-ortho nitro benzene ring substituents is 1. The lowest BCUT2D eigenvalue weighted by atomic mass is 9.63. The molecule has 1 heterocycles. The van der Waals surface area contributed by atoms with Gasteiger partial charge in [-0.15, -0.1) is 0 Å². The summed E-state index contributed by atoms with van der Waals surface area (Å²) in [5.74, 6) is -2.56. The predicted octanol–water partition coefficient (Wildman–Crippen LogP) is 7.11. The summed E-state index contributed by atoms with van der Waals surface area (Å²) in [4.78, 5) is 63.3. The number of nitro groups is 2. The number of Topliss-reactive ketones (excluding diaryl/α,β-unsaturated/α-hetero) is 2. The zero-order valence-electron chi connectivity index (χ0n) is 25.2. The van der Waals surface area contributed by atoms with Crippen LogP contribution in [0.2, 0.25) is 5.02 Å². The van der Waals surface area contributed by atoms with Gasteiger partial charge >= 0.3 is 11.7 Å². The van der Waals surface area contributed by atoms with E-state index in [9.17, 15) is 39.7 Å². The van der Waals surface area contributed by atoms with Crippen molar-refractivity contribution in [3.63, 3.8) is 0 Å². The summed E-state index contributed by atoms with van der Waals surface area (Å²) in [6, 6.07) is 7.55. The van der Waals surface area contributed by atoms with Crippen molar-refractivity contribution in [2.24, 2.45) is 10.8 Å². The van der Waals surface area contributed by atoms with Gasteiger partial charge in [-0.3, -0.25) is 34.6 Å². The number of ether oxygens (including phenoxy) is 1. The van der Waals surface area contributed by atoms with Crippen LogP contribution in [0.5, 0.6) is 11.5 Å². The summed E-state index contributed by atoms with van der Waals surface area (Å²) in [5, 5.41) is 33.0. The monoisotopic (exact) mass is 637 g/mol. The summed E-state index contributed by atoms with van der Waals surface area (Å²) < 4.78 is 6.08. The van der Waals surface area contributed by atoms with Gasteiger partial charge in [0.2, 0.25) is 5.75 Å². The molecule has 45 heavy (non-hydrogen) atoms. The van der Waals surface area contributed by atoms with Crippen molar-refractivity contribution in [1.29, 1.82) is 0 Å². The zero-order valence-corrected chi connectivity index (χ0v) is 26.0. The summed E-state index contributed by atoms with van der Waals surface area (Å²) in [5.41, 5.74) is 0.275. The van der Waals surface area contributed by atoms with Gasteiger partial charge in [-0.05, 0) is 47.9 Å². The first-order valence-electron chi connectivity index (χ1n) is 14.4. The SMILES string of the molecule is CC1(C)CC(=O)C2=C(C1)N(CCC(=O)O)C1=C(C(=O)CC(C)(C)C1)C2c1cc(Cl)ccc1Oc1ccc([N+](=O)[O-])cc1[N+](=O)[O-]. The topological polar surface area (TPSA) is 170 Å². The predicted molar refractivity (Wildman–Crippen MR) is 163 cm³/mol. The molecule has 3 aliphatic rings. The van der Waals surface area contributed by atoms with Crippen molar-refractivity contribution in [3.8, 4) is 11.5 Å². The minimum atomic E-state index is -1.01. The number of carboxylic acids is 1. The Balaban J connectivity index is 1.76. The third-order valence-corrected chi connectivity index (χ3v) is 8.66. The number of carboxylic acid groups (broad SMARTS) is 1. The van der Waals surface area contributed by atoms with Crippen LogP contribution in [0.15, 0.2) is 58.9 Å². The smallest absolute Gasteiger partial charge is 0.318 e. The first-order chi connectivity index (χ1) is 21.0. The Kier molecular flexibility index (Phi) is 8.07. The maximum Gasteiger partial charge on any atom is 0.318 e. The van der Waals surface area contributed by atoms with Crippen LogP contribution >= 0.6 is 11.6 Å². The molecule has 0 aromatic heterocycles. The summed E-state index contributed by atoms with van der Waals surface area (Å²) in [6.07, 6.45) is 1.04. The summed E-state index contributed by atoms with van der Waals surface area (Å²) in [6.45, 7) is 7.91. The van der Waals surface area contributed by atoms with E-state index in [-0.39, 0.29) is 53.9 Å². The van der Waals surface area contributed by atoms with E-state index >= 15 is 0 Å². The molecule has 5 rings (SSSR count). The third-order valence-electron chi connectivity index (χ3n) is 8.42. The molecular weight excluding hydrogens is 606 g/mol. The highest BCUT2D eigenvalue weighted by molar-refractivity contribution is 6.30. The summed E-state index contributed by atoms with van der Waals surface area (Å²) >= 11 is 6.49. The normalized spacial score (nSPS) is 19.3. The second-order valence-electron chi connectivity index (χ2n) is 13.3. The van der Waals surface area contributed by atoms with Gasteiger partial charge in [0, 0.05) is 64.5 Å². The van der Waals surface area contributed by atoms with Gasteiger partial charge in [-0.1, -0.05) is 39.3 Å². The van der Waals surface area contributed by atoms with Crippen molar-refractivity contribution in [2.45, 2.75) is 65.7 Å². The molecule has 1 aliphatic heterocycles. The Morgan fingerprint density at radius 2 is 1.47 bits per heavy atom. The highest BCUT2D eigenvalue weighted by Gasteiger charge is 2.49. The number of ketones is 2. The highest BCUT2D eigenvalue weighted by atomic mass is 35.5. The second-order valence-corrected chi connectivity index (χ2v) is 13.7. The lowest BCUT2D eigenvalue weighted by molar-refractivity contribution is -0.394. The standard InChI is InChI=1S/C32H32ClN3O9/c1-31(2)13-21-29(23(37)15-31)28(30-22(34(21)10-9-27(39)40)14-32(3,4)16-24(30)38)19-11-17(33)5-7-25(19)45-26-8-6-18(35(41)42)12-20(26)36(43)44/h5-8,11-12,28H,9-10,13-16H2,1-4H3,(H,39,40). The molecule has 0 bridgehead atoms. The van der Waals surface area contributed by atoms with E-state index in [0.717, 1.165) is 18.2 Å². The Morgan fingerprint density at radius 1 is 0.911 bits per heavy atom. The van der Waals surface area contributed by atoms with E-state index in [4.69, 9.17) is 16.3 Å². The quantitative estimate of drug-likeness (QED) is 0.232. The Hall–Kier alpha value is -4.58. The molecule has 1 N–H and O–H groups in total. The largest absolute Gasteiger partial charge is 0.481 e. The number of aliphatic carboxylic acids is 1. The molecular formula is C32H32ClN3O9. The molecule has 236 valence electrons. The van der Waals surface area contributed by atoms with Crippen LogP contribution in [0.1, 0.15) is 71.3 Å². The molecule has 0 unspecified atom stereocenters. The molecule has 2 aromatic carbocycles. The fourth-order valence-electron chi connectivity index (χ4n) is 6.64. The van der Waals surface area contributed by atoms with Crippen LogP contribution in [-0.2, 0) is 14.4 Å². The van der Waals surface area contributed by atoms with E-state index in [1.54, 1.807) is 6.07 Å². The number of halogens is 1. The first kappa shape index (κ1) is 31.8. The Bertz CT molecular complexity index is 1690. The third kappa shape index (κ3) is 6.19. The lowest BCUT2D eigenvalue weighted by Gasteiger charge is -2.49. The number of carbonyl (C=O) groups excluding carboxylic acids is 2. The molecule has 0 saturated heterocycles. The number of rotatable bonds is 8. The molecule has 0 radical (unpaired) electrons. The Labute approximate surface area is 263 Å². The zero-order chi connectivity index (χ0) is 33.0. The molecule has 0 saturated carbocycles. The maximum absolute atomic E-state index is 14.1. The van der Waals surface area contributed by atoms with Gasteiger partial charge < -0.3 is 14.7 Å². The van der Waals surface area contributed by atoms with E-state index in [1.807, 2.05) is 32.6 Å². The van der Waals surface area contributed by atoms with Crippen molar-refractivity contribution >= 4 is 40.5 Å². The number of hydrogen-bond donors (Lipinski definition) is 1. The van der Waals surface area contributed by atoms with Crippen molar-refractivity contribution in [3.05, 3.63) is 89.8 Å². The highest BCUT2D eigenvalue weighted by Crippen LogP contribution is 2.56. The maximum atomic E-state index is 14.1. The van der Waals surface area contributed by atoms with Gasteiger partial charge in [0.1, 0.15) is 5.75 Å². The summed E-state index contributed by atoms with van der Waals surface area (Å²) in [7, 11) is 0. The van der Waals surface area contributed by atoms with Crippen molar-refractivity contribution in [2.75, 3.05) is 6.54 Å². The molecule has 13 heteroatoms. The van der Waals surface area contributed by atoms with Gasteiger partial charge in [-0.2, -0.15) is 0 Å². The number of hydrogen-bond acceptors (Lipinski definition) is 9. The number of nitrogens with zero attached hydrogens (tertiary/aromatic N) is 3. The van der Waals surface area contributed by atoms with E-state index in [0.29, 0.717) is 40.9 Å². The molecule has 0 amide bonds. The van der Waals surface area contributed by atoms with Crippen LogP contribution in [0, 0.1) is 31.1 Å². The van der Waals surface area contributed by atoms with E-state index < -0.39 is 43.9 Å². The van der Waals surface area contributed by atoms with Crippen LogP contribution in [0.25, 0.3) is 0 Å². The minimum absolute atomic E-state index is 0.0698. The van der Waals surface area contributed by atoms with Crippen LogP contribution in [-0.4, -0.2) is 43.9 Å². The Morgan fingerprint density at radius 3 is 1.98 bits per heavy atom. The second kappa shape index (κ2) is 11.4. The average Bonchev–Trinajstić information content (AvgIpc) is 2.91. The van der Waals surface area contributed by atoms with E-state index in [1.165, 1.54) is 12.1 Å². The van der Waals surface area contributed by atoms with Crippen LogP contribution in [0.3, 0.4) is 0 Å². The fourth-order valence-corrected chi connectivity index (χ4v) is 6.82. The van der Waals surface area contributed by atoms with Crippen molar-refractivity contribution in [1.82, 2.24) is 4.90 Å². The number of nitro benzene ring substituents is 2. The van der Waals surface area contributed by atoms with Gasteiger partial charge in [0.15, 0.2) is 11.6 Å². The molecule has 2 aliphatic carbocycles. The lowest BCUT2D eigenvalue weighted by Crippen LogP contribution is -2.45. The molecule has 2 aromatic rings. The first-order valence-corrected chi connectivity index (χ1v) is 14.8. The molecule has 0 atom stereocenters. The van der Waals surface area contributed by atoms with Crippen molar-refractivity contribution < 1.29 is 34.1 Å². The van der Waals surface area contributed by atoms with Gasteiger partial charge in [-0.25, -0.2) is 0 Å². The van der Waals surface area contributed by atoms with Crippen LogP contribution < -0.4 is 4.74 Å². The van der Waals surface area contributed by atoms with E-state index in [2.05, 4.69) is 0 Å². The number of carbonyl (C=O) groups is 3. The van der Waals surface area contributed by atoms with Gasteiger partial charge in [0.05, 0.1) is 22.3 Å². The minimum Gasteiger partial charge on any atom is -0.481 e. The van der Waals surface area contributed by atoms with Crippen LogP contribution in [0.4, 0.5) is 11.4 Å².